The summed E-state index contributed by atoms with van der Waals surface area (Å²) >= 11 is 0. The number of methoxy groups -OCH3 is 1. The van der Waals surface area contributed by atoms with Gasteiger partial charge in [0.05, 0.1) is 12.8 Å². The quantitative estimate of drug-likeness (QED) is 0.533. The molecule has 1 aliphatic rings. The van der Waals surface area contributed by atoms with Gasteiger partial charge in [0, 0.05) is 36.2 Å². The number of ketones is 1. The van der Waals surface area contributed by atoms with E-state index in [1.165, 1.54) is 31.1 Å². The first-order valence-electron chi connectivity index (χ1n) is 10.4. The lowest BCUT2D eigenvalue weighted by molar-refractivity contribution is -0.141. The summed E-state index contributed by atoms with van der Waals surface area (Å²) in [5.74, 6) is -0.561. The molecule has 0 saturated carbocycles. The zero-order valence-electron chi connectivity index (χ0n) is 17.9. The van der Waals surface area contributed by atoms with E-state index in [1.807, 2.05) is 26.0 Å². The van der Waals surface area contributed by atoms with Gasteiger partial charge in [-0.25, -0.2) is 0 Å². The van der Waals surface area contributed by atoms with Gasteiger partial charge in [0.25, 0.3) is 0 Å². The first-order chi connectivity index (χ1) is 14.4. The van der Waals surface area contributed by atoms with Gasteiger partial charge in [-0.1, -0.05) is 12.1 Å². The van der Waals surface area contributed by atoms with Crippen molar-refractivity contribution in [3.05, 3.63) is 51.8 Å². The molecule has 7 heteroatoms. The van der Waals surface area contributed by atoms with Crippen LogP contribution in [-0.2, 0) is 40.3 Å². The van der Waals surface area contributed by atoms with Crippen LogP contribution in [0.25, 0.3) is 0 Å². The molecule has 0 fully saturated rings. The Bertz CT molecular complexity index is 962. The van der Waals surface area contributed by atoms with E-state index >= 15 is 0 Å². The number of carbonyl (C=O) groups excluding carboxylic acids is 3. The van der Waals surface area contributed by atoms with Gasteiger partial charge in [-0.2, -0.15) is 5.10 Å². The maximum atomic E-state index is 12.5. The normalized spacial score (nSPS) is 12.9. The average Bonchev–Trinajstić information content (AvgIpc) is 3.02. The number of rotatable bonds is 8. The van der Waals surface area contributed by atoms with Gasteiger partial charge in [0.1, 0.15) is 6.54 Å². The predicted octanol–water partition coefficient (Wildman–Crippen LogP) is 2.83. The SMILES string of the molecule is COC(=O)Cn1nc(C)c(CNC(=O)CCC(=O)c2ccc3c(c2)CCCC3)c1C. The van der Waals surface area contributed by atoms with Gasteiger partial charge in [-0.05, 0) is 56.7 Å². The molecule has 0 unspecified atom stereocenters. The van der Waals surface area contributed by atoms with Crippen LogP contribution in [0, 0.1) is 13.8 Å². The molecule has 0 atom stereocenters. The standard InChI is InChI=1S/C23H29N3O4/c1-15-20(16(2)26(25-15)14-23(29)30-3)13-24-22(28)11-10-21(27)19-9-8-17-6-4-5-7-18(17)12-19/h8-9,12H,4-7,10-11,13-14H2,1-3H3,(H,24,28). The minimum atomic E-state index is -0.378. The Kier molecular flexibility index (Phi) is 7.03. The minimum absolute atomic E-state index is 0.00298. The van der Waals surface area contributed by atoms with E-state index in [0.29, 0.717) is 12.1 Å². The number of amides is 1. The second-order valence-corrected chi connectivity index (χ2v) is 7.77. The summed E-state index contributed by atoms with van der Waals surface area (Å²) in [5.41, 5.74) is 5.73. The molecule has 1 heterocycles. The number of aromatic nitrogens is 2. The number of Topliss-reactive ketones (excluding diaryl/α,β-unsaturated/α-hetero) is 1. The molecule has 30 heavy (non-hydrogen) atoms. The lowest BCUT2D eigenvalue weighted by Crippen LogP contribution is -2.24. The molecule has 0 aliphatic heterocycles. The highest BCUT2D eigenvalue weighted by Crippen LogP contribution is 2.23. The van der Waals surface area contributed by atoms with Gasteiger partial charge in [-0.3, -0.25) is 19.1 Å². The predicted molar refractivity (Wildman–Crippen MR) is 112 cm³/mol. The van der Waals surface area contributed by atoms with Crippen LogP contribution in [0.3, 0.4) is 0 Å². The third-order valence-corrected chi connectivity index (χ3v) is 5.75. The highest BCUT2D eigenvalue weighted by atomic mass is 16.5. The van der Waals surface area contributed by atoms with Crippen molar-refractivity contribution in [2.45, 2.75) is 65.5 Å². The van der Waals surface area contributed by atoms with Crippen molar-refractivity contribution in [2.24, 2.45) is 0 Å². The van der Waals surface area contributed by atoms with E-state index in [1.54, 1.807) is 4.68 Å². The van der Waals surface area contributed by atoms with Gasteiger partial charge < -0.3 is 10.1 Å². The monoisotopic (exact) mass is 411 g/mol. The highest BCUT2D eigenvalue weighted by Gasteiger charge is 2.16. The first kappa shape index (κ1) is 21.7. The van der Waals surface area contributed by atoms with E-state index in [9.17, 15) is 14.4 Å². The number of hydrogen-bond acceptors (Lipinski definition) is 5. The maximum Gasteiger partial charge on any atom is 0.327 e. The Morgan fingerprint density at radius 2 is 1.83 bits per heavy atom. The largest absolute Gasteiger partial charge is 0.468 e. The molecule has 1 aromatic heterocycles. The van der Waals surface area contributed by atoms with Crippen molar-refractivity contribution in [3.8, 4) is 0 Å². The molecular formula is C23H29N3O4. The molecule has 0 spiro atoms. The van der Waals surface area contributed by atoms with Crippen LogP contribution >= 0.6 is 0 Å². The molecule has 7 nitrogen and oxygen atoms in total. The van der Waals surface area contributed by atoms with Crippen molar-refractivity contribution in [1.82, 2.24) is 15.1 Å². The van der Waals surface area contributed by atoms with E-state index < -0.39 is 0 Å². The maximum absolute atomic E-state index is 12.5. The third-order valence-electron chi connectivity index (χ3n) is 5.75. The molecule has 2 aromatic rings. The third kappa shape index (κ3) is 5.14. The number of carbonyl (C=O) groups is 3. The Morgan fingerprint density at radius 3 is 2.57 bits per heavy atom. The molecule has 3 rings (SSSR count). The molecule has 1 aromatic carbocycles. The number of esters is 1. The summed E-state index contributed by atoms with van der Waals surface area (Å²) in [6.45, 7) is 4.03. The highest BCUT2D eigenvalue weighted by molar-refractivity contribution is 5.98. The summed E-state index contributed by atoms with van der Waals surface area (Å²) in [4.78, 5) is 36.3. The van der Waals surface area contributed by atoms with Crippen LogP contribution in [0.2, 0.25) is 0 Å². The number of nitrogens with one attached hydrogen (secondary N) is 1. The minimum Gasteiger partial charge on any atom is -0.468 e. The van der Waals surface area contributed by atoms with Crippen LogP contribution in [0.4, 0.5) is 0 Å². The number of hydrogen-bond donors (Lipinski definition) is 1. The van der Waals surface area contributed by atoms with Gasteiger partial charge >= 0.3 is 5.97 Å². The number of benzene rings is 1. The van der Waals surface area contributed by atoms with Gasteiger partial charge in [0.15, 0.2) is 5.78 Å². The smallest absolute Gasteiger partial charge is 0.327 e. The molecule has 1 aliphatic carbocycles. The Labute approximate surface area is 176 Å². The zero-order valence-corrected chi connectivity index (χ0v) is 17.9. The number of fused-ring (bicyclic) bond motifs is 1. The van der Waals surface area contributed by atoms with E-state index in [2.05, 4.69) is 21.2 Å². The Morgan fingerprint density at radius 1 is 1.10 bits per heavy atom. The van der Waals surface area contributed by atoms with E-state index in [-0.39, 0.29) is 37.0 Å². The number of aryl methyl sites for hydroxylation is 3. The molecule has 1 N–H and O–H groups in total. The fraction of sp³-hybridized carbons (Fsp3) is 0.478. The molecule has 0 bridgehead atoms. The lowest BCUT2D eigenvalue weighted by Gasteiger charge is -2.16. The van der Waals surface area contributed by atoms with Crippen molar-refractivity contribution < 1.29 is 19.1 Å². The van der Waals surface area contributed by atoms with Crippen molar-refractivity contribution in [1.29, 1.82) is 0 Å². The van der Waals surface area contributed by atoms with E-state index in [4.69, 9.17) is 0 Å². The molecule has 0 radical (unpaired) electrons. The summed E-state index contributed by atoms with van der Waals surface area (Å²) < 4.78 is 6.25. The van der Waals surface area contributed by atoms with Crippen molar-refractivity contribution >= 4 is 17.7 Å². The number of nitrogens with zero attached hydrogens (tertiary/aromatic N) is 2. The van der Waals surface area contributed by atoms with Crippen LogP contribution in [0.5, 0.6) is 0 Å². The Balaban J connectivity index is 1.52. The molecule has 160 valence electrons. The molecular weight excluding hydrogens is 382 g/mol. The van der Waals surface area contributed by atoms with Crippen LogP contribution in [0.1, 0.15) is 64.1 Å². The van der Waals surface area contributed by atoms with Gasteiger partial charge in [0.2, 0.25) is 5.91 Å². The van der Waals surface area contributed by atoms with E-state index in [0.717, 1.165) is 29.8 Å². The van der Waals surface area contributed by atoms with Crippen LogP contribution in [0.15, 0.2) is 18.2 Å². The fourth-order valence-electron chi connectivity index (χ4n) is 3.88. The van der Waals surface area contributed by atoms with Crippen molar-refractivity contribution in [2.75, 3.05) is 7.11 Å². The summed E-state index contributed by atoms with van der Waals surface area (Å²) in [6, 6.07) is 5.93. The second-order valence-electron chi connectivity index (χ2n) is 7.77. The zero-order chi connectivity index (χ0) is 21.7. The van der Waals surface area contributed by atoms with Crippen LogP contribution < -0.4 is 5.32 Å². The second kappa shape index (κ2) is 9.69. The molecule has 0 saturated heterocycles. The lowest BCUT2D eigenvalue weighted by atomic mass is 9.89. The van der Waals surface area contributed by atoms with Crippen LogP contribution in [-0.4, -0.2) is 34.6 Å². The fourth-order valence-corrected chi connectivity index (χ4v) is 3.88. The topological polar surface area (TPSA) is 90.3 Å². The summed E-state index contributed by atoms with van der Waals surface area (Å²) in [6.07, 6.45) is 4.82. The summed E-state index contributed by atoms with van der Waals surface area (Å²) in [7, 11) is 1.33. The number of ether oxygens (including phenoxy) is 1. The summed E-state index contributed by atoms with van der Waals surface area (Å²) in [5, 5.41) is 7.19. The first-order valence-corrected chi connectivity index (χ1v) is 10.4. The molecule has 1 amide bonds. The van der Waals surface area contributed by atoms with Gasteiger partial charge in [-0.15, -0.1) is 0 Å². The van der Waals surface area contributed by atoms with Crippen molar-refractivity contribution in [3.63, 3.8) is 0 Å². The average molecular weight is 412 g/mol. The Hall–Kier alpha value is -2.96.